The summed E-state index contributed by atoms with van der Waals surface area (Å²) >= 11 is 14.0. The molecule has 2 fully saturated rings. The molecule has 0 radical (unpaired) electrons. The van der Waals surface area contributed by atoms with E-state index in [0.717, 1.165) is 6.42 Å². The molecule has 2 atom stereocenters. The van der Waals surface area contributed by atoms with E-state index in [4.69, 9.17) is 42.6 Å². The van der Waals surface area contributed by atoms with Crippen LogP contribution in [0.1, 0.15) is 30.7 Å². The number of nitrogens with zero attached hydrogens (tertiary/aromatic N) is 4. The van der Waals surface area contributed by atoms with Gasteiger partial charge in [0.05, 0.1) is 48.0 Å². The van der Waals surface area contributed by atoms with Gasteiger partial charge in [-0.15, -0.1) is 0 Å². The van der Waals surface area contributed by atoms with E-state index in [1.165, 1.54) is 0 Å². The van der Waals surface area contributed by atoms with E-state index in [2.05, 4.69) is 31.2 Å². The van der Waals surface area contributed by atoms with Crippen LogP contribution in [0.15, 0.2) is 48.8 Å². The van der Waals surface area contributed by atoms with Gasteiger partial charge >= 0.3 is 0 Å². The average molecular weight is 678 g/mol. The van der Waals surface area contributed by atoms with Gasteiger partial charge in [0.1, 0.15) is 11.4 Å². The summed E-state index contributed by atoms with van der Waals surface area (Å²) in [4.78, 5) is 41.6. The SMILES string of the molecule is COc1nc(-c2cccc(-c3cccc(-c4cnc(CN[C@@H]5CNC(=O)C5)c(OC)n4)c3Cl)c2Cl)cnc1CNC[C@H]1CCC(=O)N1. The monoisotopic (exact) mass is 676 g/mol. The van der Waals surface area contributed by atoms with Gasteiger partial charge in [-0.05, 0) is 6.42 Å². The van der Waals surface area contributed by atoms with Gasteiger partial charge in [0, 0.05) is 73.4 Å². The lowest BCUT2D eigenvalue weighted by atomic mass is 9.98. The summed E-state index contributed by atoms with van der Waals surface area (Å²) in [6, 6.07) is 11.4. The Labute approximate surface area is 282 Å². The molecule has 0 unspecified atom stereocenters. The Hall–Kier alpha value is -4.36. The van der Waals surface area contributed by atoms with Crippen molar-refractivity contribution in [1.82, 2.24) is 41.2 Å². The first-order valence-corrected chi connectivity index (χ1v) is 16.0. The maximum absolute atomic E-state index is 11.5. The van der Waals surface area contributed by atoms with E-state index >= 15 is 0 Å². The summed E-state index contributed by atoms with van der Waals surface area (Å²) in [5, 5.41) is 13.3. The van der Waals surface area contributed by atoms with Gasteiger partial charge in [0.25, 0.3) is 0 Å². The fourth-order valence-corrected chi connectivity index (χ4v) is 6.33. The lowest BCUT2D eigenvalue weighted by molar-refractivity contribution is -0.120. The van der Waals surface area contributed by atoms with E-state index in [-0.39, 0.29) is 23.9 Å². The highest BCUT2D eigenvalue weighted by Gasteiger charge is 2.23. The molecular weight excluding hydrogens is 643 g/mol. The van der Waals surface area contributed by atoms with E-state index in [0.29, 0.717) is 106 Å². The van der Waals surface area contributed by atoms with Crippen LogP contribution in [0.5, 0.6) is 11.8 Å². The molecule has 2 aliphatic heterocycles. The zero-order chi connectivity index (χ0) is 32.9. The van der Waals surface area contributed by atoms with Crippen LogP contribution in [0, 0.1) is 0 Å². The summed E-state index contributed by atoms with van der Waals surface area (Å²) in [6.07, 6.45) is 5.11. The van der Waals surface area contributed by atoms with Crippen molar-refractivity contribution in [3.63, 3.8) is 0 Å². The minimum absolute atomic E-state index is 0.0264. The number of hydrogen-bond donors (Lipinski definition) is 4. The number of halogens is 2. The van der Waals surface area contributed by atoms with Crippen LogP contribution >= 0.6 is 23.2 Å². The lowest BCUT2D eigenvalue weighted by Crippen LogP contribution is -2.35. The molecule has 244 valence electrons. The number of carbonyl (C=O) groups is 2. The second-order valence-corrected chi connectivity index (χ2v) is 12.0. The molecule has 4 N–H and O–H groups in total. The Kier molecular flexibility index (Phi) is 10.1. The highest BCUT2D eigenvalue weighted by Crippen LogP contribution is 2.42. The third-order valence-corrected chi connectivity index (χ3v) is 8.97. The Morgan fingerprint density at radius 1 is 0.830 bits per heavy atom. The molecule has 0 spiro atoms. The molecule has 0 aliphatic carbocycles. The number of amides is 2. The maximum Gasteiger partial charge on any atom is 0.237 e. The second kappa shape index (κ2) is 14.6. The van der Waals surface area contributed by atoms with E-state index in [1.54, 1.807) is 26.6 Å². The van der Waals surface area contributed by atoms with Gasteiger partial charge in [-0.2, -0.15) is 0 Å². The van der Waals surface area contributed by atoms with Crippen LogP contribution in [0.25, 0.3) is 33.6 Å². The van der Waals surface area contributed by atoms with Crippen molar-refractivity contribution >= 4 is 35.0 Å². The van der Waals surface area contributed by atoms with Crippen molar-refractivity contribution in [3.8, 4) is 45.4 Å². The van der Waals surface area contributed by atoms with Gasteiger partial charge < -0.3 is 30.7 Å². The Bertz CT molecular complexity index is 1810. The Morgan fingerprint density at radius 2 is 1.40 bits per heavy atom. The van der Waals surface area contributed by atoms with Crippen molar-refractivity contribution in [2.45, 2.75) is 44.4 Å². The van der Waals surface area contributed by atoms with E-state index < -0.39 is 0 Å². The highest BCUT2D eigenvalue weighted by atomic mass is 35.5. The molecule has 4 aromatic rings. The number of hydrogen-bond acceptors (Lipinski definition) is 10. The van der Waals surface area contributed by atoms with Crippen molar-refractivity contribution in [1.29, 1.82) is 0 Å². The Morgan fingerprint density at radius 3 is 1.91 bits per heavy atom. The third kappa shape index (κ3) is 7.31. The molecule has 47 heavy (non-hydrogen) atoms. The standard InChI is InChI=1S/C33H34Cl2N8O4/c1-46-32-26(14-36-12-18-9-10-28(44)41-18)38-15-24(42-32)22-7-3-5-20(30(22)34)21-6-4-8-23(31(21)35)25-16-39-27(33(43-25)47-2)17-37-19-11-29(45)40-13-19/h3-8,15-16,18-19,36-37H,9-14,17H2,1-2H3,(H,40,45)(H,41,44)/t18-,19+/m1/s1. The second-order valence-electron chi connectivity index (χ2n) is 11.3. The molecule has 4 heterocycles. The predicted molar refractivity (Wildman–Crippen MR) is 178 cm³/mol. The van der Waals surface area contributed by atoms with Crippen LogP contribution in [0.3, 0.4) is 0 Å². The van der Waals surface area contributed by atoms with Crippen molar-refractivity contribution in [3.05, 3.63) is 70.2 Å². The number of carbonyl (C=O) groups excluding carboxylic acids is 2. The quantitative estimate of drug-likeness (QED) is 0.174. The van der Waals surface area contributed by atoms with Crippen molar-refractivity contribution in [2.24, 2.45) is 0 Å². The first-order valence-electron chi connectivity index (χ1n) is 15.2. The minimum atomic E-state index is 0.0264. The summed E-state index contributed by atoms with van der Waals surface area (Å²) in [5.74, 6) is 0.852. The third-order valence-electron chi connectivity index (χ3n) is 8.15. The number of nitrogens with one attached hydrogen (secondary N) is 4. The largest absolute Gasteiger partial charge is 0.480 e. The zero-order valence-electron chi connectivity index (χ0n) is 25.9. The number of benzene rings is 2. The van der Waals surface area contributed by atoms with E-state index in [9.17, 15) is 9.59 Å². The smallest absolute Gasteiger partial charge is 0.237 e. The number of rotatable bonds is 12. The zero-order valence-corrected chi connectivity index (χ0v) is 27.4. The maximum atomic E-state index is 11.5. The van der Waals surface area contributed by atoms with Gasteiger partial charge in [0.15, 0.2) is 0 Å². The fourth-order valence-electron chi connectivity index (χ4n) is 5.68. The normalized spacial score (nSPS) is 17.4. The number of methoxy groups -OCH3 is 2. The van der Waals surface area contributed by atoms with Crippen molar-refractivity contribution in [2.75, 3.05) is 27.3 Å². The molecule has 0 bridgehead atoms. The van der Waals surface area contributed by atoms with Gasteiger partial charge in [0.2, 0.25) is 23.6 Å². The lowest BCUT2D eigenvalue weighted by Gasteiger charge is -2.16. The van der Waals surface area contributed by atoms with E-state index in [1.807, 2.05) is 36.4 Å². The molecule has 6 rings (SSSR count). The molecule has 2 amide bonds. The minimum Gasteiger partial charge on any atom is -0.480 e. The van der Waals surface area contributed by atoms with Crippen LogP contribution in [0.4, 0.5) is 0 Å². The number of aromatic nitrogens is 4. The van der Waals surface area contributed by atoms with Crippen LogP contribution < -0.4 is 30.7 Å². The number of ether oxygens (including phenoxy) is 2. The molecule has 12 nitrogen and oxygen atoms in total. The molecular formula is C33H34Cl2N8O4. The van der Waals surface area contributed by atoms with Gasteiger partial charge in [-0.25, -0.2) is 9.97 Å². The first kappa shape index (κ1) is 32.6. The molecule has 2 aromatic carbocycles. The van der Waals surface area contributed by atoms with Crippen LogP contribution in [-0.4, -0.2) is 71.1 Å². The Balaban J connectivity index is 1.22. The predicted octanol–water partition coefficient (Wildman–Crippen LogP) is 3.94. The summed E-state index contributed by atoms with van der Waals surface area (Å²) in [6.45, 7) is 2.04. The van der Waals surface area contributed by atoms with Crippen molar-refractivity contribution < 1.29 is 19.1 Å². The highest BCUT2D eigenvalue weighted by molar-refractivity contribution is 6.39. The molecule has 14 heteroatoms. The van der Waals surface area contributed by atoms with Gasteiger partial charge in [-0.3, -0.25) is 19.6 Å². The molecule has 2 aromatic heterocycles. The summed E-state index contributed by atoms with van der Waals surface area (Å²) in [5.41, 5.74) is 5.11. The average Bonchev–Trinajstić information content (AvgIpc) is 3.71. The molecule has 2 saturated heterocycles. The topological polar surface area (TPSA) is 152 Å². The van der Waals surface area contributed by atoms with Gasteiger partial charge in [-0.1, -0.05) is 59.6 Å². The fraction of sp³-hybridized carbons (Fsp3) is 0.333. The summed E-state index contributed by atoms with van der Waals surface area (Å²) < 4.78 is 11.1. The van der Waals surface area contributed by atoms with Crippen LogP contribution in [-0.2, 0) is 22.7 Å². The summed E-state index contributed by atoms with van der Waals surface area (Å²) in [7, 11) is 3.09. The first-order chi connectivity index (χ1) is 22.8. The molecule has 0 saturated carbocycles. The van der Waals surface area contributed by atoms with Crippen LogP contribution in [0.2, 0.25) is 10.0 Å². The molecule has 2 aliphatic rings.